The highest BCUT2D eigenvalue weighted by Crippen LogP contribution is 2.31. The minimum Gasteiger partial charge on any atom is -0.337 e. The zero-order valence-electron chi connectivity index (χ0n) is 9.77. The first kappa shape index (κ1) is 14.8. The molecular formula is C9H20N3O2P. The Morgan fingerprint density at radius 3 is 2.47 bits per heavy atom. The van der Waals surface area contributed by atoms with Gasteiger partial charge in [0.1, 0.15) is 0 Å². The number of nitrogens with two attached hydrogens (primary N) is 1. The molecule has 0 aromatic carbocycles. The van der Waals surface area contributed by atoms with Crippen LogP contribution in [0.4, 0.5) is 0 Å². The monoisotopic (exact) mass is 233 g/mol. The van der Waals surface area contributed by atoms with Gasteiger partial charge in [-0.15, -0.1) is 0 Å². The van der Waals surface area contributed by atoms with Crippen LogP contribution in [0.3, 0.4) is 0 Å². The summed E-state index contributed by atoms with van der Waals surface area (Å²) in [7, 11) is -1.91. The molecule has 1 atom stereocenters. The fourth-order valence-electron chi connectivity index (χ4n) is 1.47. The molecule has 0 amide bonds. The van der Waals surface area contributed by atoms with Crippen LogP contribution in [-0.2, 0) is 4.62 Å². The Kier molecular flexibility index (Phi) is 6.26. The Labute approximate surface area is 92.7 Å². The predicted molar refractivity (Wildman–Crippen MR) is 60.3 cm³/mol. The highest BCUT2D eigenvalue weighted by Gasteiger charge is 2.31. The maximum atomic E-state index is 9.07. The Balaban J connectivity index is 4.52. The molecule has 0 fully saturated rings. The van der Waals surface area contributed by atoms with Crippen molar-refractivity contribution in [3.63, 3.8) is 0 Å². The number of rotatable bonds is 6. The largest absolute Gasteiger partial charge is 0.337 e. The molecule has 0 saturated carbocycles. The van der Waals surface area contributed by atoms with E-state index < -0.39 is 8.53 Å². The maximum Gasteiger partial charge on any atom is 0.268 e. The van der Waals surface area contributed by atoms with Crippen molar-refractivity contribution >= 4 is 8.53 Å². The lowest BCUT2D eigenvalue weighted by Gasteiger charge is -2.39. The van der Waals surface area contributed by atoms with E-state index in [-0.39, 0.29) is 11.6 Å². The van der Waals surface area contributed by atoms with E-state index in [1.54, 1.807) is 5.06 Å². The molecule has 0 aliphatic carbocycles. The maximum absolute atomic E-state index is 9.07. The van der Waals surface area contributed by atoms with Gasteiger partial charge < -0.3 is 4.89 Å². The second-order valence-electron chi connectivity index (χ2n) is 4.27. The smallest absolute Gasteiger partial charge is 0.268 e. The van der Waals surface area contributed by atoms with E-state index >= 15 is 0 Å². The van der Waals surface area contributed by atoms with E-state index in [1.165, 1.54) is 0 Å². The van der Waals surface area contributed by atoms with Crippen molar-refractivity contribution in [1.82, 2.24) is 5.06 Å². The average Bonchev–Trinajstić information content (AvgIpc) is 2.10. The molecular weight excluding hydrogens is 213 g/mol. The van der Waals surface area contributed by atoms with Crippen LogP contribution in [0.5, 0.6) is 0 Å². The first-order chi connectivity index (χ1) is 6.81. The zero-order valence-corrected chi connectivity index (χ0v) is 10.7. The number of nitriles is 1. The Bertz CT molecular complexity index is 226. The second kappa shape index (κ2) is 6.37. The molecule has 5 nitrogen and oxygen atoms in total. The van der Waals surface area contributed by atoms with E-state index in [1.807, 2.05) is 27.7 Å². The summed E-state index contributed by atoms with van der Waals surface area (Å²) in [5.41, 5.74) is 4.93. The summed E-state index contributed by atoms with van der Waals surface area (Å²) in [5, 5.41) is 10.2. The van der Waals surface area contributed by atoms with Crippen molar-refractivity contribution in [3.05, 3.63) is 0 Å². The van der Waals surface area contributed by atoms with Crippen molar-refractivity contribution in [3.8, 4) is 6.07 Å². The molecule has 0 aromatic heterocycles. The van der Waals surface area contributed by atoms with E-state index in [0.717, 1.165) is 0 Å². The minimum atomic E-state index is -1.91. The number of hydrogen-bond acceptors (Lipinski definition) is 5. The van der Waals surface area contributed by atoms with Crippen molar-refractivity contribution in [1.29, 1.82) is 5.26 Å². The van der Waals surface area contributed by atoms with E-state index in [4.69, 9.17) is 20.3 Å². The van der Waals surface area contributed by atoms with Crippen LogP contribution < -0.4 is 5.50 Å². The van der Waals surface area contributed by atoms with E-state index in [0.29, 0.717) is 12.8 Å². The summed E-state index contributed by atoms with van der Waals surface area (Å²) in [5.74, 6) is 0. The van der Waals surface area contributed by atoms with Gasteiger partial charge in [0.05, 0.1) is 6.07 Å². The Hall–Kier alpha value is -0.240. The van der Waals surface area contributed by atoms with E-state index in [2.05, 4.69) is 6.07 Å². The molecule has 1 unspecified atom stereocenters. The van der Waals surface area contributed by atoms with Crippen molar-refractivity contribution < 1.29 is 9.52 Å². The number of hydroxylamine groups is 2. The Morgan fingerprint density at radius 2 is 2.13 bits per heavy atom. The summed E-state index contributed by atoms with van der Waals surface area (Å²) in [6, 6.07) is 2.20. The highest BCUT2D eigenvalue weighted by molar-refractivity contribution is 7.43. The lowest BCUT2D eigenvalue weighted by atomic mass is 9.97. The predicted octanol–water partition coefficient (Wildman–Crippen LogP) is 1.89. The van der Waals surface area contributed by atoms with Crippen LogP contribution in [0, 0.1) is 11.3 Å². The summed E-state index contributed by atoms with van der Waals surface area (Å²) in [6.07, 6.45) is 1.12. The van der Waals surface area contributed by atoms with Gasteiger partial charge in [-0.05, 0) is 34.1 Å². The van der Waals surface area contributed by atoms with Crippen molar-refractivity contribution in [2.75, 3.05) is 0 Å². The molecule has 0 aliphatic rings. The Morgan fingerprint density at radius 1 is 1.60 bits per heavy atom. The molecule has 0 aromatic rings. The number of nitrogens with zero attached hydrogens (tertiary/aromatic N) is 2. The molecule has 3 N–H and O–H groups in total. The van der Waals surface area contributed by atoms with Gasteiger partial charge in [0.25, 0.3) is 8.53 Å². The lowest BCUT2D eigenvalue weighted by Crippen LogP contribution is -2.47. The molecule has 0 radical (unpaired) electrons. The van der Waals surface area contributed by atoms with Gasteiger partial charge in [0, 0.05) is 18.0 Å². The van der Waals surface area contributed by atoms with Crippen LogP contribution in [0.15, 0.2) is 0 Å². The normalized spacial score (nSPS) is 14.3. The molecule has 0 aliphatic heterocycles. The van der Waals surface area contributed by atoms with Crippen LogP contribution in [0.25, 0.3) is 0 Å². The summed E-state index contributed by atoms with van der Waals surface area (Å²) < 4.78 is 5.20. The lowest BCUT2D eigenvalue weighted by molar-refractivity contribution is -0.157. The van der Waals surface area contributed by atoms with Gasteiger partial charge >= 0.3 is 0 Å². The van der Waals surface area contributed by atoms with Crippen molar-refractivity contribution in [2.24, 2.45) is 5.50 Å². The molecule has 0 rings (SSSR count). The first-order valence-electron chi connectivity index (χ1n) is 4.89. The van der Waals surface area contributed by atoms with Gasteiger partial charge in [-0.25, -0.2) is 4.62 Å². The fraction of sp³-hybridized carbons (Fsp3) is 0.889. The SMILES string of the molecule is CC(C)N(OP(N)O)C(C)(C)CCC#N. The van der Waals surface area contributed by atoms with Gasteiger partial charge in [0.2, 0.25) is 0 Å². The van der Waals surface area contributed by atoms with Crippen LogP contribution in [0.1, 0.15) is 40.5 Å². The van der Waals surface area contributed by atoms with Crippen LogP contribution in [0.2, 0.25) is 0 Å². The first-order valence-corrected chi connectivity index (χ1v) is 6.17. The summed E-state index contributed by atoms with van der Waals surface area (Å²) >= 11 is 0. The van der Waals surface area contributed by atoms with Crippen molar-refractivity contribution in [2.45, 2.75) is 52.1 Å². The molecule has 0 heterocycles. The van der Waals surface area contributed by atoms with E-state index in [9.17, 15) is 0 Å². The van der Waals surface area contributed by atoms with Gasteiger partial charge in [0.15, 0.2) is 0 Å². The zero-order chi connectivity index (χ0) is 12.1. The molecule has 88 valence electrons. The van der Waals surface area contributed by atoms with Gasteiger partial charge in [-0.1, -0.05) is 0 Å². The quantitative estimate of drug-likeness (QED) is 0.540. The third-order valence-electron chi connectivity index (χ3n) is 2.09. The second-order valence-corrected chi connectivity index (χ2v) is 5.04. The third-order valence-corrected chi connectivity index (χ3v) is 2.43. The molecule has 15 heavy (non-hydrogen) atoms. The van der Waals surface area contributed by atoms with Crippen LogP contribution in [-0.4, -0.2) is 21.5 Å². The molecule has 6 heteroatoms. The third kappa shape index (κ3) is 5.41. The standard InChI is InChI=1S/C9H20N3O2P/c1-8(2)12(14-15(11)13)9(3,4)6-5-7-10/h8,13H,5-6,11H2,1-4H3. The summed E-state index contributed by atoms with van der Waals surface area (Å²) in [6.45, 7) is 7.83. The fourth-order valence-corrected chi connectivity index (χ4v) is 2.06. The highest BCUT2D eigenvalue weighted by atomic mass is 31.2. The van der Waals surface area contributed by atoms with Gasteiger partial charge in [-0.2, -0.15) is 10.3 Å². The molecule has 0 saturated heterocycles. The topological polar surface area (TPSA) is 82.5 Å². The minimum absolute atomic E-state index is 0.0967. The average molecular weight is 233 g/mol. The number of hydrogen-bond donors (Lipinski definition) is 2. The summed E-state index contributed by atoms with van der Waals surface area (Å²) in [4.78, 5) is 9.07. The molecule has 0 spiro atoms. The van der Waals surface area contributed by atoms with Gasteiger partial charge in [-0.3, -0.25) is 5.50 Å². The molecule has 0 bridgehead atoms. The van der Waals surface area contributed by atoms with Crippen LogP contribution >= 0.6 is 8.53 Å².